The minimum absolute atomic E-state index is 0.478. The molecule has 0 unspecified atom stereocenters. The Bertz CT molecular complexity index is 842. The number of rotatable bonds is 5. The molecule has 0 amide bonds. The summed E-state index contributed by atoms with van der Waals surface area (Å²) in [5.74, 6) is -1.20. The molecule has 8 nitrogen and oxygen atoms in total. The first-order valence-electron chi connectivity index (χ1n) is 8.13. The van der Waals surface area contributed by atoms with Crippen LogP contribution in [0.5, 0.6) is 5.75 Å². The van der Waals surface area contributed by atoms with Crippen LogP contribution in [0, 0.1) is 0 Å². The molecule has 148 valence electrons. The van der Waals surface area contributed by atoms with E-state index in [1.54, 1.807) is 12.0 Å². The zero-order valence-electron chi connectivity index (χ0n) is 15.9. The Morgan fingerprint density at radius 1 is 1.00 bits per heavy atom. The molecule has 0 aromatic heterocycles. The molecule has 0 saturated carbocycles. The lowest BCUT2D eigenvalue weighted by Gasteiger charge is -2.12. The molecular formula is C20H23N3O5. The van der Waals surface area contributed by atoms with Gasteiger partial charge < -0.3 is 25.6 Å². The van der Waals surface area contributed by atoms with Gasteiger partial charge in [0, 0.05) is 31.8 Å². The first-order chi connectivity index (χ1) is 13.2. The number of guanidine groups is 1. The summed E-state index contributed by atoms with van der Waals surface area (Å²) in [4.78, 5) is 25.4. The molecule has 0 atom stereocenters. The average molecular weight is 385 g/mol. The van der Waals surface area contributed by atoms with E-state index in [0.717, 1.165) is 22.6 Å². The highest BCUT2D eigenvalue weighted by Crippen LogP contribution is 2.31. The Labute approximate surface area is 163 Å². The quantitative estimate of drug-likeness (QED) is 0.410. The predicted molar refractivity (Wildman–Crippen MR) is 108 cm³/mol. The summed E-state index contributed by atoms with van der Waals surface area (Å²) in [7, 11) is 5.40. The second-order valence-corrected chi connectivity index (χ2v) is 5.62. The number of methoxy groups -OCH3 is 1. The number of hydrogen-bond donors (Lipinski definition) is 3. The van der Waals surface area contributed by atoms with Crippen molar-refractivity contribution in [3.63, 3.8) is 0 Å². The minimum atomic E-state index is -1.26. The van der Waals surface area contributed by atoms with Crippen molar-refractivity contribution in [2.75, 3.05) is 21.2 Å². The second-order valence-electron chi connectivity index (χ2n) is 5.62. The van der Waals surface area contributed by atoms with Gasteiger partial charge in [-0.05, 0) is 23.8 Å². The first-order valence-corrected chi connectivity index (χ1v) is 8.13. The van der Waals surface area contributed by atoms with Crippen molar-refractivity contribution in [1.82, 2.24) is 4.90 Å². The number of carbonyl (C=O) groups is 2. The summed E-state index contributed by atoms with van der Waals surface area (Å²) in [5.41, 5.74) is 8.87. The molecule has 0 spiro atoms. The molecule has 0 radical (unpaired) electrons. The summed E-state index contributed by atoms with van der Waals surface area (Å²) in [6.07, 6.45) is 1.12. The Hall–Kier alpha value is -3.81. The summed E-state index contributed by atoms with van der Waals surface area (Å²) >= 11 is 0. The molecule has 0 fully saturated rings. The second kappa shape index (κ2) is 11.0. The zero-order chi connectivity index (χ0) is 21.1. The SMILES string of the molecule is COc1ccc(-c2ccccc2N=C(N)N(C)C)cc1.O=C(O)/C=C/C(=O)O. The van der Waals surface area contributed by atoms with Crippen LogP contribution >= 0.6 is 0 Å². The Kier molecular flexibility index (Phi) is 8.75. The van der Waals surface area contributed by atoms with Gasteiger partial charge in [-0.25, -0.2) is 14.6 Å². The molecule has 0 heterocycles. The van der Waals surface area contributed by atoms with E-state index in [0.29, 0.717) is 18.1 Å². The average Bonchev–Trinajstić information content (AvgIpc) is 2.67. The van der Waals surface area contributed by atoms with E-state index in [4.69, 9.17) is 20.7 Å². The fraction of sp³-hybridized carbons (Fsp3) is 0.150. The Morgan fingerprint density at radius 2 is 1.54 bits per heavy atom. The third-order valence-electron chi connectivity index (χ3n) is 3.37. The summed E-state index contributed by atoms with van der Waals surface area (Å²) in [5, 5.41) is 15.6. The minimum Gasteiger partial charge on any atom is -0.497 e. The van der Waals surface area contributed by atoms with E-state index in [1.165, 1.54) is 0 Å². The fourth-order valence-electron chi connectivity index (χ4n) is 1.95. The number of aliphatic imine (C=N–C) groups is 1. The number of benzene rings is 2. The number of nitrogens with two attached hydrogens (primary N) is 1. The smallest absolute Gasteiger partial charge is 0.328 e. The third-order valence-corrected chi connectivity index (χ3v) is 3.37. The number of carboxylic acids is 2. The number of ether oxygens (including phenoxy) is 1. The van der Waals surface area contributed by atoms with Gasteiger partial charge in [0.1, 0.15) is 5.75 Å². The van der Waals surface area contributed by atoms with E-state index in [9.17, 15) is 9.59 Å². The Balaban J connectivity index is 0.000000416. The molecule has 8 heteroatoms. The highest BCUT2D eigenvalue weighted by atomic mass is 16.5. The fourth-order valence-corrected chi connectivity index (χ4v) is 1.95. The molecule has 4 N–H and O–H groups in total. The van der Waals surface area contributed by atoms with Gasteiger partial charge in [-0.2, -0.15) is 0 Å². The summed E-state index contributed by atoms with van der Waals surface area (Å²) < 4.78 is 5.18. The van der Waals surface area contributed by atoms with Crippen molar-refractivity contribution in [3.05, 3.63) is 60.7 Å². The number of aliphatic carboxylic acids is 2. The largest absolute Gasteiger partial charge is 0.497 e. The van der Waals surface area contributed by atoms with Gasteiger partial charge in [-0.3, -0.25) is 0 Å². The highest BCUT2D eigenvalue weighted by molar-refractivity contribution is 5.89. The number of carboxylic acid groups (broad SMARTS) is 2. The number of hydrogen-bond acceptors (Lipinski definition) is 4. The molecule has 0 aliphatic carbocycles. The van der Waals surface area contributed by atoms with Gasteiger partial charge in [-0.15, -0.1) is 0 Å². The van der Waals surface area contributed by atoms with E-state index in [1.807, 2.05) is 62.6 Å². The van der Waals surface area contributed by atoms with Crippen LogP contribution in [-0.4, -0.2) is 54.2 Å². The maximum Gasteiger partial charge on any atom is 0.328 e. The molecule has 0 saturated heterocycles. The molecule has 0 aliphatic rings. The van der Waals surface area contributed by atoms with Crippen LogP contribution in [0.1, 0.15) is 0 Å². The molecule has 2 aromatic carbocycles. The van der Waals surface area contributed by atoms with Crippen molar-refractivity contribution in [3.8, 4) is 16.9 Å². The molecule has 2 aromatic rings. The maximum atomic E-state index is 9.55. The topological polar surface area (TPSA) is 125 Å². The van der Waals surface area contributed by atoms with Crippen LogP contribution in [-0.2, 0) is 9.59 Å². The predicted octanol–water partition coefficient (Wildman–Crippen LogP) is 2.58. The van der Waals surface area contributed by atoms with Crippen molar-refractivity contribution in [2.24, 2.45) is 10.7 Å². The zero-order valence-corrected chi connectivity index (χ0v) is 15.9. The van der Waals surface area contributed by atoms with Crippen LogP contribution in [0.2, 0.25) is 0 Å². The highest BCUT2D eigenvalue weighted by Gasteiger charge is 2.05. The van der Waals surface area contributed by atoms with E-state index in [2.05, 4.69) is 4.99 Å². The molecule has 0 bridgehead atoms. The van der Waals surface area contributed by atoms with Crippen molar-refractivity contribution < 1.29 is 24.5 Å². The first kappa shape index (κ1) is 22.2. The Morgan fingerprint density at radius 3 is 2.00 bits per heavy atom. The lowest BCUT2D eigenvalue weighted by atomic mass is 10.0. The van der Waals surface area contributed by atoms with Crippen LogP contribution in [0.4, 0.5) is 5.69 Å². The molecule has 28 heavy (non-hydrogen) atoms. The van der Waals surface area contributed by atoms with E-state index in [-0.39, 0.29) is 0 Å². The standard InChI is InChI=1S/C16H19N3O.C4H4O4/c1-19(2)16(17)18-15-7-5-4-6-14(15)12-8-10-13(20-3)11-9-12;5-3(6)1-2-4(7)8/h4-11H,1-3H3,(H2,17,18);1-2H,(H,5,6)(H,7,8)/b;2-1+. The maximum absolute atomic E-state index is 9.55. The van der Waals surface area contributed by atoms with Crippen molar-refractivity contribution in [2.45, 2.75) is 0 Å². The van der Waals surface area contributed by atoms with Gasteiger partial charge in [0.05, 0.1) is 12.8 Å². The molecule has 2 rings (SSSR count). The molecular weight excluding hydrogens is 362 g/mol. The van der Waals surface area contributed by atoms with Gasteiger partial charge in [0.25, 0.3) is 0 Å². The van der Waals surface area contributed by atoms with Gasteiger partial charge in [0.15, 0.2) is 5.96 Å². The third kappa shape index (κ3) is 7.61. The van der Waals surface area contributed by atoms with Crippen LogP contribution in [0.3, 0.4) is 0 Å². The lowest BCUT2D eigenvalue weighted by molar-refractivity contribution is -0.134. The van der Waals surface area contributed by atoms with Crippen LogP contribution in [0.25, 0.3) is 11.1 Å². The normalized spacial score (nSPS) is 10.8. The van der Waals surface area contributed by atoms with E-state index >= 15 is 0 Å². The van der Waals surface area contributed by atoms with E-state index < -0.39 is 11.9 Å². The van der Waals surface area contributed by atoms with Gasteiger partial charge >= 0.3 is 11.9 Å². The molecule has 0 aliphatic heterocycles. The van der Waals surface area contributed by atoms with Gasteiger partial charge in [-0.1, -0.05) is 30.3 Å². The summed E-state index contributed by atoms with van der Waals surface area (Å²) in [6.45, 7) is 0. The van der Waals surface area contributed by atoms with Gasteiger partial charge in [0.2, 0.25) is 0 Å². The van der Waals surface area contributed by atoms with Crippen LogP contribution < -0.4 is 10.5 Å². The summed E-state index contributed by atoms with van der Waals surface area (Å²) in [6, 6.07) is 15.8. The number of para-hydroxylation sites is 1. The number of nitrogens with zero attached hydrogens (tertiary/aromatic N) is 2. The van der Waals surface area contributed by atoms with Crippen LogP contribution in [0.15, 0.2) is 65.7 Å². The van der Waals surface area contributed by atoms with Crippen molar-refractivity contribution >= 4 is 23.6 Å². The lowest BCUT2D eigenvalue weighted by Crippen LogP contribution is -2.29. The van der Waals surface area contributed by atoms with Crippen molar-refractivity contribution in [1.29, 1.82) is 0 Å². The monoisotopic (exact) mass is 385 g/mol.